The van der Waals surface area contributed by atoms with E-state index in [9.17, 15) is 28.8 Å². The first kappa shape index (κ1) is 36.8. The van der Waals surface area contributed by atoms with Gasteiger partial charge in [0, 0.05) is 75.6 Å². The van der Waals surface area contributed by atoms with Crippen LogP contribution in [-0.2, 0) is 34.0 Å². The molecule has 1 saturated carbocycles. The number of carbonyl (C=O) groups excluding carboxylic acids is 6. The van der Waals surface area contributed by atoms with E-state index in [4.69, 9.17) is 21.6 Å². The molecular formula is C42H40ClN7O7. The van der Waals surface area contributed by atoms with Gasteiger partial charge in [-0.2, -0.15) is 5.26 Å². The molecule has 5 heterocycles. The van der Waals surface area contributed by atoms with Gasteiger partial charge in [0.25, 0.3) is 17.7 Å². The minimum absolute atomic E-state index is 0.0268. The van der Waals surface area contributed by atoms with Crippen molar-refractivity contribution in [3.8, 4) is 11.8 Å². The third kappa shape index (κ3) is 6.78. The van der Waals surface area contributed by atoms with Gasteiger partial charge in [-0.15, -0.1) is 0 Å². The first-order valence-corrected chi connectivity index (χ1v) is 19.8. The number of anilines is 1. The molecule has 1 unspecified atom stereocenters. The van der Waals surface area contributed by atoms with Crippen molar-refractivity contribution in [1.82, 2.24) is 24.9 Å². The molecule has 1 atom stereocenters. The van der Waals surface area contributed by atoms with Gasteiger partial charge in [0.05, 0.1) is 34.4 Å². The molecule has 292 valence electrons. The van der Waals surface area contributed by atoms with Crippen LogP contribution in [0.3, 0.4) is 0 Å². The third-order valence-electron chi connectivity index (χ3n) is 12.3. The van der Waals surface area contributed by atoms with Gasteiger partial charge in [-0.1, -0.05) is 11.6 Å². The quantitative estimate of drug-likeness (QED) is 0.350. The van der Waals surface area contributed by atoms with Gasteiger partial charge in [0.15, 0.2) is 0 Å². The highest BCUT2D eigenvalue weighted by atomic mass is 35.5. The number of piperidine rings is 1. The number of amides is 6. The first-order valence-electron chi connectivity index (χ1n) is 19.5. The lowest BCUT2D eigenvalue weighted by Gasteiger charge is -2.36. The third-order valence-corrected chi connectivity index (χ3v) is 12.6. The molecule has 3 aromatic carbocycles. The van der Waals surface area contributed by atoms with E-state index in [2.05, 4.69) is 27.3 Å². The van der Waals surface area contributed by atoms with E-state index < -0.39 is 29.7 Å². The molecule has 0 spiro atoms. The molecule has 1 N–H and O–H groups in total. The standard InChI is InChI=1S/C42H40ClN7O7/c43-35-18-31(5-1-24(35)19-44)57-30-6-2-28(3-7-30)49-22-27-15-29(4-8-32(27)40(49)54)47-13-11-46(12-14-47)23-38(52)48-20-25-16-33-34(17-26(25)21-48)42(56)50(41(33)55)36-9-10-37(51)45-39(36)53/h1,4-5,8,15-18,28,30,36H,2-3,6-7,9-14,20-23H2,(H,45,51,53)/t28-,30-,36?. The van der Waals surface area contributed by atoms with Crippen LogP contribution >= 0.6 is 11.6 Å². The van der Waals surface area contributed by atoms with Crippen LogP contribution in [0.15, 0.2) is 48.5 Å². The summed E-state index contributed by atoms with van der Waals surface area (Å²) in [6.07, 6.45) is 3.51. The smallest absolute Gasteiger partial charge is 0.262 e. The maximum Gasteiger partial charge on any atom is 0.262 e. The van der Waals surface area contributed by atoms with Crippen molar-refractivity contribution < 1.29 is 33.5 Å². The van der Waals surface area contributed by atoms with Crippen LogP contribution in [0.4, 0.5) is 5.69 Å². The molecule has 2 saturated heterocycles. The first-order chi connectivity index (χ1) is 27.5. The van der Waals surface area contributed by atoms with Crippen molar-refractivity contribution in [3.63, 3.8) is 0 Å². The zero-order valence-corrected chi connectivity index (χ0v) is 31.9. The Bertz CT molecular complexity index is 2250. The van der Waals surface area contributed by atoms with Crippen LogP contribution in [0.2, 0.25) is 5.02 Å². The summed E-state index contributed by atoms with van der Waals surface area (Å²) in [5.74, 6) is -1.49. The number of fused-ring (bicyclic) bond motifs is 3. The molecule has 1 aliphatic carbocycles. The van der Waals surface area contributed by atoms with E-state index in [1.54, 1.807) is 35.2 Å². The number of imide groups is 2. The number of ether oxygens (including phenoxy) is 1. The lowest BCUT2D eigenvalue weighted by atomic mass is 9.92. The maximum absolute atomic E-state index is 13.5. The lowest BCUT2D eigenvalue weighted by Crippen LogP contribution is -2.54. The second-order valence-electron chi connectivity index (χ2n) is 15.7. The van der Waals surface area contributed by atoms with Crippen LogP contribution in [0.25, 0.3) is 0 Å². The zero-order chi connectivity index (χ0) is 39.5. The highest BCUT2D eigenvalue weighted by molar-refractivity contribution is 6.31. The maximum atomic E-state index is 13.5. The fraction of sp³-hybridized carbons (Fsp3) is 0.405. The number of nitrogens with one attached hydrogen (secondary N) is 1. The van der Waals surface area contributed by atoms with E-state index in [-0.39, 0.29) is 54.5 Å². The molecule has 0 aromatic heterocycles. The number of nitriles is 1. The highest BCUT2D eigenvalue weighted by Crippen LogP contribution is 2.36. The lowest BCUT2D eigenvalue weighted by molar-refractivity contribution is -0.136. The molecule has 57 heavy (non-hydrogen) atoms. The van der Waals surface area contributed by atoms with E-state index in [1.807, 2.05) is 17.0 Å². The number of benzene rings is 3. The van der Waals surface area contributed by atoms with E-state index >= 15 is 0 Å². The second-order valence-corrected chi connectivity index (χ2v) is 16.1. The van der Waals surface area contributed by atoms with Crippen LogP contribution in [-0.4, -0.2) is 106 Å². The molecule has 0 bridgehead atoms. The Labute approximate surface area is 333 Å². The predicted molar refractivity (Wildman–Crippen MR) is 205 cm³/mol. The minimum atomic E-state index is -1.02. The fourth-order valence-corrected chi connectivity index (χ4v) is 9.36. The molecule has 14 nitrogen and oxygen atoms in total. The van der Waals surface area contributed by atoms with Gasteiger partial charge < -0.3 is 19.4 Å². The van der Waals surface area contributed by atoms with Gasteiger partial charge in [-0.05, 0) is 91.3 Å². The summed E-state index contributed by atoms with van der Waals surface area (Å²) < 4.78 is 6.16. The normalized spacial score (nSPS) is 23.4. The molecule has 0 radical (unpaired) electrons. The highest BCUT2D eigenvalue weighted by Gasteiger charge is 2.45. The Hall–Kier alpha value is -5.78. The summed E-state index contributed by atoms with van der Waals surface area (Å²) in [7, 11) is 0. The van der Waals surface area contributed by atoms with Crippen molar-refractivity contribution in [1.29, 1.82) is 5.26 Å². The largest absolute Gasteiger partial charge is 0.490 e. The summed E-state index contributed by atoms with van der Waals surface area (Å²) in [5, 5.41) is 11.7. The fourth-order valence-electron chi connectivity index (χ4n) is 9.15. The van der Waals surface area contributed by atoms with Crippen molar-refractivity contribution in [2.24, 2.45) is 0 Å². The van der Waals surface area contributed by atoms with Gasteiger partial charge >= 0.3 is 0 Å². The molecule has 3 fully saturated rings. The molecule has 6 amide bonds. The second kappa shape index (κ2) is 14.6. The van der Waals surface area contributed by atoms with Gasteiger partial charge in [-0.25, -0.2) is 0 Å². The van der Waals surface area contributed by atoms with Crippen molar-refractivity contribution >= 4 is 52.7 Å². The minimum Gasteiger partial charge on any atom is -0.490 e. The van der Waals surface area contributed by atoms with Crippen LogP contribution in [0.1, 0.15) is 91.9 Å². The number of carbonyl (C=O) groups is 6. The van der Waals surface area contributed by atoms with E-state index in [0.717, 1.165) is 71.6 Å². The Morgan fingerprint density at radius 3 is 2.14 bits per heavy atom. The number of nitrogens with zero attached hydrogens (tertiary/aromatic N) is 6. The SMILES string of the molecule is N#Cc1ccc(O[C@H]2CC[C@H](N3Cc4cc(N5CCN(CC(=O)N6Cc7cc8c(cc7C6)C(=O)N(C6CCC(=O)NC6=O)C8=O)CC5)ccc4C3=O)CC2)cc1Cl. The van der Waals surface area contributed by atoms with Crippen LogP contribution < -0.4 is 15.0 Å². The average Bonchev–Trinajstić information content (AvgIpc) is 3.85. The van der Waals surface area contributed by atoms with Crippen LogP contribution in [0.5, 0.6) is 5.75 Å². The Morgan fingerprint density at radius 1 is 0.789 bits per heavy atom. The molecular weight excluding hydrogens is 750 g/mol. The zero-order valence-electron chi connectivity index (χ0n) is 31.2. The van der Waals surface area contributed by atoms with Crippen molar-refractivity contribution in [2.45, 2.75) is 76.3 Å². The number of hydrogen-bond donors (Lipinski definition) is 1. The Kier molecular flexibility index (Phi) is 9.45. The van der Waals surface area contributed by atoms with Gasteiger partial charge in [0.2, 0.25) is 17.7 Å². The Morgan fingerprint density at radius 2 is 1.49 bits per heavy atom. The average molecular weight is 790 g/mol. The number of halogens is 1. The monoisotopic (exact) mass is 789 g/mol. The predicted octanol–water partition coefficient (Wildman–Crippen LogP) is 3.62. The van der Waals surface area contributed by atoms with Crippen LogP contribution in [0, 0.1) is 11.3 Å². The molecule has 5 aliphatic heterocycles. The number of hydrogen-bond acceptors (Lipinski definition) is 10. The summed E-state index contributed by atoms with van der Waals surface area (Å²) >= 11 is 6.19. The molecule has 3 aromatic rings. The summed E-state index contributed by atoms with van der Waals surface area (Å²) in [5.41, 5.74) is 5.32. The molecule has 9 rings (SSSR count). The van der Waals surface area contributed by atoms with Gasteiger partial charge in [-0.3, -0.25) is 43.9 Å². The topological polar surface area (TPSA) is 164 Å². The Balaban J connectivity index is 0.754. The van der Waals surface area contributed by atoms with Gasteiger partial charge in [0.1, 0.15) is 17.9 Å². The van der Waals surface area contributed by atoms with E-state index in [0.29, 0.717) is 49.1 Å². The number of rotatable bonds is 7. The summed E-state index contributed by atoms with van der Waals surface area (Å²) in [4.78, 5) is 86.7. The summed E-state index contributed by atoms with van der Waals surface area (Å²) in [6.45, 7) is 4.36. The van der Waals surface area contributed by atoms with Crippen molar-refractivity contribution in [2.75, 3.05) is 37.6 Å². The molecule has 6 aliphatic rings. The molecule has 15 heteroatoms. The van der Waals surface area contributed by atoms with E-state index in [1.165, 1.54) is 0 Å². The summed E-state index contributed by atoms with van der Waals surface area (Å²) in [6, 6.07) is 15.7. The number of piperazine rings is 1. The van der Waals surface area contributed by atoms with Crippen molar-refractivity contribution in [3.05, 3.63) is 92.5 Å².